The number of aromatic nitrogens is 1. The van der Waals surface area contributed by atoms with E-state index >= 15 is 0 Å². The van der Waals surface area contributed by atoms with E-state index in [0.717, 1.165) is 36.2 Å². The highest BCUT2D eigenvalue weighted by atomic mass is 16.5. The number of unbranched alkanes of at least 4 members (excludes halogenated alkanes) is 2. The average molecular weight is 370 g/mol. The van der Waals surface area contributed by atoms with E-state index in [9.17, 15) is 9.59 Å². The maximum absolute atomic E-state index is 12.6. The zero-order valence-corrected chi connectivity index (χ0v) is 16.6. The molecule has 0 bridgehead atoms. The molecule has 0 saturated heterocycles. The molecule has 0 aliphatic carbocycles. The van der Waals surface area contributed by atoms with Crippen LogP contribution in [0.5, 0.6) is 5.75 Å². The number of amides is 1. The lowest BCUT2D eigenvalue weighted by Gasteiger charge is -2.19. The summed E-state index contributed by atoms with van der Waals surface area (Å²) in [6.45, 7) is 7.35. The first-order valence-electron chi connectivity index (χ1n) is 9.73. The highest BCUT2D eigenvalue weighted by molar-refractivity contribution is 5.75. The van der Waals surface area contributed by atoms with E-state index in [1.165, 1.54) is 0 Å². The Hall–Kier alpha value is -2.56. The van der Waals surface area contributed by atoms with Crippen molar-refractivity contribution < 1.29 is 9.53 Å². The zero-order valence-electron chi connectivity index (χ0n) is 16.6. The number of carbonyl (C=O) groups is 1. The number of carbonyl (C=O) groups excluding carboxylic acids is 1. The van der Waals surface area contributed by atoms with Gasteiger partial charge in [-0.15, -0.1) is 0 Å². The Kier molecular flexibility index (Phi) is 8.11. The quantitative estimate of drug-likeness (QED) is 0.644. The van der Waals surface area contributed by atoms with E-state index < -0.39 is 0 Å². The number of nitrogens with one attached hydrogen (secondary N) is 1. The molecular formula is C22H30N2O3. The van der Waals surface area contributed by atoms with Gasteiger partial charge in [0.15, 0.2) is 5.75 Å². The molecule has 0 atom stereocenters. The van der Waals surface area contributed by atoms with Crippen molar-refractivity contribution in [2.45, 2.75) is 66.2 Å². The van der Waals surface area contributed by atoms with Crippen LogP contribution in [0.25, 0.3) is 0 Å². The third kappa shape index (κ3) is 5.98. The van der Waals surface area contributed by atoms with E-state index in [-0.39, 0.29) is 11.3 Å². The molecular weight excluding hydrogens is 340 g/mol. The van der Waals surface area contributed by atoms with E-state index in [4.69, 9.17) is 4.74 Å². The third-order valence-corrected chi connectivity index (χ3v) is 4.58. The Morgan fingerprint density at radius 2 is 1.89 bits per heavy atom. The summed E-state index contributed by atoms with van der Waals surface area (Å²) in [6.07, 6.45) is 3.52. The number of pyridine rings is 1. The smallest absolute Gasteiger partial charge is 0.224 e. The van der Waals surface area contributed by atoms with Crippen LogP contribution in [0.2, 0.25) is 0 Å². The van der Waals surface area contributed by atoms with Crippen LogP contribution in [0.3, 0.4) is 0 Å². The summed E-state index contributed by atoms with van der Waals surface area (Å²) in [6, 6.07) is 11.3. The number of hydrogen-bond acceptors (Lipinski definition) is 3. The molecule has 0 unspecified atom stereocenters. The van der Waals surface area contributed by atoms with E-state index in [1.54, 1.807) is 6.07 Å². The molecule has 2 aromatic rings. The molecule has 1 heterocycles. The summed E-state index contributed by atoms with van der Waals surface area (Å²) in [7, 11) is 0. The van der Waals surface area contributed by atoms with Crippen molar-refractivity contribution in [3.05, 3.63) is 63.6 Å². The van der Waals surface area contributed by atoms with Gasteiger partial charge in [0, 0.05) is 24.7 Å². The topological polar surface area (TPSA) is 60.3 Å². The van der Waals surface area contributed by atoms with Crippen molar-refractivity contribution in [1.29, 1.82) is 0 Å². The molecule has 5 nitrogen and oxygen atoms in total. The standard InChI is InChI=1S/C22H30N2O3/c1-4-6-8-13-21(26)23-15-19-22(20(25)14-17(3)24(19)5-2)27-16-18-11-9-7-10-12-18/h7,9-12,14H,4-6,8,13,15-16H2,1-3H3,(H,23,26). The van der Waals surface area contributed by atoms with Crippen LogP contribution in [0.1, 0.15) is 56.5 Å². The Balaban J connectivity index is 2.19. The van der Waals surface area contributed by atoms with Gasteiger partial charge in [0.2, 0.25) is 11.3 Å². The first kappa shape index (κ1) is 20.7. The minimum absolute atomic E-state index is 0.00840. The van der Waals surface area contributed by atoms with E-state index in [2.05, 4.69) is 12.2 Å². The van der Waals surface area contributed by atoms with Gasteiger partial charge in [-0.3, -0.25) is 9.59 Å². The Labute approximate surface area is 161 Å². The predicted molar refractivity (Wildman–Crippen MR) is 108 cm³/mol. The molecule has 27 heavy (non-hydrogen) atoms. The maximum Gasteiger partial charge on any atom is 0.224 e. The van der Waals surface area contributed by atoms with E-state index in [1.807, 2.05) is 48.7 Å². The fourth-order valence-corrected chi connectivity index (χ4v) is 3.12. The molecule has 2 rings (SSSR count). The monoisotopic (exact) mass is 370 g/mol. The number of nitrogens with zero attached hydrogens (tertiary/aromatic N) is 1. The van der Waals surface area contributed by atoms with Crippen LogP contribution in [-0.4, -0.2) is 10.5 Å². The van der Waals surface area contributed by atoms with Gasteiger partial charge < -0.3 is 14.6 Å². The van der Waals surface area contributed by atoms with Crippen molar-refractivity contribution in [1.82, 2.24) is 9.88 Å². The molecule has 0 spiro atoms. The molecule has 1 amide bonds. The molecule has 0 fully saturated rings. The largest absolute Gasteiger partial charge is 0.483 e. The van der Waals surface area contributed by atoms with Crippen LogP contribution >= 0.6 is 0 Å². The van der Waals surface area contributed by atoms with Crippen molar-refractivity contribution in [3.63, 3.8) is 0 Å². The Bertz CT molecular complexity index is 797. The second kappa shape index (κ2) is 10.6. The molecule has 1 aromatic heterocycles. The summed E-state index contributed by atoms with van der Waals surface area (Å²) in [5, 5.41) is 2.95. The zero-order chi connectivity index (χ0) is 19.6. The predicted octanol–water partition coefficient (Wildman–Crippen LogP) is 3.95. The Morgan fingerprint density at radius 1 is 1.15 bits per heavy atom. The van der Waals surface area contributed by atoms with Crippen LogP contribution in [0, 0.1) is 6.92 Å². The van der Waals surface area contributed by atoms with E-state index in [0.29, 0.717) is 31.9 Å². The van der Waals surface area contributed by atoms with Gasteiger partial charge in [-0.25, -0.2) is 0 Å². The summed E-state index contributed by atoms with van der Waals surface area (Å²) in [5.74, 6) is 0.328. The number of benzene rings is 1. The van der Waals surface area contributed by atoms with Crippen molar-refractivity contribution in [3.8, 4) is 5.75 Å². The lowest BCUT2D eigenvalue weighted by molar-refractivity contribution is -0.121. The molecule has 0 aliphatic heterocycles. The highest BCUT2D eigenvalue weighted by Crippen LogP contribution is 2.18. The number of ether oxygens (including phenoxy) is 1. The van der Waals surface area contributed by atoms with Gasteiger partial charge in [0.1, 0.15) is 6.61 Å². The molecule has 0 saturated carbocycles. The molecule has 0 aliphatic rings. The van der Waals surface area contributed by atoms with Gasteiger partial charge in [0.25, 0.3) is 0 Å². The van der Waals surface area contributed by atoms with Crippen molar-refractivity contribution in [2.75, 3.05) is 0 Å². The summed E-state index contributed by atoms with van der Waals surface area (Å²) in [5.41, 5.74) is 2.44. The van der Waals surface area contributed by atoms with Gasteiger partial charge >= 0.3 is 0 Å². The minimum Gasteiger partial charge on any atom is -0.483 e. The van der Waals surface area contributed by atoms with Gasteiger partial charge in [-0.2, -0.15) is 0 Å². The van der Waals surface area contributed by atoms with Crippen LogP contribution < -0.4 is 15.5 Å². The van der Waals surface area contributed by atoms with Crippen LogP contribution in [-0.2, 0) is 24.5 Å². The van der Waals surface area contributed by atoms with Crippen molar-refractivity contribution in [2.24, 2.45) is 0 Å². The SMILES string of the molecule is CCCCCC(=O)NCc1c(OCc2ccccc2)c(=O)cc(C)n1CC. The third-order valence-electron chi connectivity index (χ3n) is 4.58. The molecule has 1 aromatic carbocycles. The second-order valence-corrected chi connectivity index (χ2v) is 6.68. The average Bonchev–Trinajstić information content (AvgIpc) is 2.66. The lowest BCUT2D eigenvalue weighted by atomic mass is 10.2. The van der Waals surface area contributed by atoms with Gasteiger partial charge in [0.05, 0.1) is 12.2 Å². The lowest BCUT2D eigenvalue weighted by Crippen LogP contribution is -2.28. The van der Waals surface area contributed by atoms with Crippen LogP contribution in [0.15, 0.2) is 41.2 Å². The molecule has 5 heteroatoms. The van der Waals surface area contributed by atoms with Crippen LogP contribution in [0.4, 0.5) is 0 Å². The summed E-state index contributed by atoms with van der Waals surface area (Å²) >= 11 is 0. The van der Waals surface area contributed by atoms with Crippen molar-refractivity contribution >= 4 is 5.91 Å². The molecule has 0 radical (unpaired) electrons. The highest BCUT2D eigenvalue weighted by Gasteiger charge is 2.16. The maximum atomic E-state index is 12.6. The molecule has 146 valence electrons. The number of aryl methyl sites for hydroxylation is 1. The number of hydrogen-bond donors (Lipinski definition) is 1. The summed E-state index contributed by atoms with van der Waals surface area (Å²) in [4.78, 5) is 24.7. The second-order valence-electron chi connectivity index (χ2n) is 6.68. The number of rotatable bonds is 10. The van der Waals surface area contributed by atoms with Gasteiger partial charge in [-0.05, 0) is 25.8 Å². The fourth-order valence-electron chi connectivity index (χ4n) is 3.12. The Morgan fingerprint density at radius 3 is 2.56 bits per heavy atom. The first-order chi connectivity index (χ1) is 13.1. The normalized spacial score (nSPS) is 10.6. The molecule has 1 N–H and O–H groups in total. The summed E-state index contributed by atoms with van der Waals surface area (Å²) < 4.78 is 7.92. The fraction of sp³-hybridized carbons (Fsp3) is 0.455. The minimum atomic E-state index is -0.150. The van der Waals surface area contributed by atoms with Gasteiger partial charge in [-0.1, -0.05) is 50.1 Å². The first-order valence-corrected chi connectivity index (χ1v) is 9.73.